The molecule has 10 heteroatoms. The van der Waals surface area contributed by atoms with Crippen molar-refractivity contribution < 1.29 is 18.3 Å². The lowest BCUT2D eigenvalue weighted by atomic mass is 10.00. The molecule has 2 N–H and O–H groups in total. The van der Waals surface area contributed by atoms with E-state index < -0.39 is 18.6 Å². The molecule has 0 aromatic heterocycles. The lowest BCUT2D eigenvalue weighted by Gasteiger charge is -2.36. The molecule has 0 bridgehead atoms. The summed E-state index contributed by atoms with van der Waals surface area (Å²) >= 11 is 6.44. The van der Waals surface area contributed by atoms with Gasteiger partial charge >= 0.3 is 6.18 Å². The minimum Gasteiger partial charge on any atom is -0.506 e. The van der Waals surface area contributed by atoms with Gasteiger partial charge in [-0.1, -0.05) is 15.9 Å². The molecule has 3 nitrogen and oxygen atoms in total. The predicted molar refractivity (Wildman–Crippen MR) is 95.9 cm³/mol. The maximum atomic E-state index is 12.9. The molecule has 1 aromatic carbocycles. The van der Waals surface area contributed by atoms with E-state index >= 15 is 0 Å². The van der Waals surface area contributed by atoms with E-state index in [1.807, 2.05) is 0 Å². The zero-order valence-electron chi connectivity index (χ0n) is 11.9. The van der Waals surface area contributed by atoms with Crippen molar-refractivity contribution in [3.05, 3.63) is 26.6 Å². The van der Waals surface area contributed by atoms with Gasteiger partial charge in [-0.05, 0) is 28.1 Å². The second kappa shape index (κ2) is 9.68. The van der Waals surface area contributed by atoms with Crippen molar-refractivity contribution in [3.8, 4) is 5.75 Å². The van der Waals surface area contributed by atoms with Gasteiger partial charge in [0, 0.05) is 42.3 Å². The molecule has 23 heavy (non-hydrogen) atoms. The average Bonchev–Trinajstić information content (AvgIpc) is 2.40. The van der Waals surface area contributed by atoms with Gasteiger partial charge in [0.1, 0.15) is 5.75 Å². The molecule has 0 saturated carbocycles. The van der Waals surface area contributed by atoms with Gasteiger partial charge in [-0.15, -0.1) is 24.8 Å². The Kier molecular flexibility index (Phi) is 9.79. The monoisotopic (exact) mass is 502 g/mol. The minimum absolute atomic E-state index is 0. The van der Waals surface area contributed by atoms with Crippen LogP contribution in [-0.4, -0.2) is 42.4 Å². The molecule has 2 rings (SSSR count). The van der Waals surface area contributed by atoms with Gasteiger partial charge in [0.2, 0.25) is 0 Å². The largest absolute Gasteiger partial charge is 0.506 e. The Hall–Kier alpha value is 0.270. The summed E-state index contributed by atoms with van der Waals surface area (Å²) in [5.41, 5.74) is 0.287. The van der Waals surface area contributed by atoms with Crippen LogP contribution in [0, 0.1) is 0 Å². The number of nitrogens with one attached hydrogen (secondary N) is 1. The van der Waals surface area contributed by atoms with E-state index in [4.69, 9.17) is 0 Å². The first-order valence-electron chi connectivity index (χ1n) is 6.47. The van der Waals surface area contributed by atoms with Gasteiger partial charge in [0.25, 0.3) is 0 Å². The Morgan fingerprint density at radius 2 is 1.74 bits per heavy atom. The Morgan fingerprint density at radius 1 is 1.17 bits per heavy atom. The summed E-state index contributed by atoms with van der Waals surface area (Å²) in [5.74, 6) is -0.133. The van der Waals surface area contributed by atoms with Crippen molar-refractivity contribution >= 4 is 56.7 Å². The molecule has 134 valence electrons. The van der Waals surface area contributed by atoms with Gasteiger partial charge < -0.3 is 10.4 Å². The van der Waals surface area contributed by atoms with Gasteiger partial charge in [-0.3, -0.25) is 4.90 Å². The predicted octanol–water partition coefficient (Wildman–Crippen LogP) is 4.66. The molecule has 1 atom stereocenters. The second-order valence-electron chi connectivity index (χ2n) is 4.95. The number of nitrogens with zero attached hydrogens (tertiary/aromatic N) is 1. The Bertz CT molecular complexity index is 515. The summed E-state index contributed by atoms with van der Waals surface area (Å²) in [4.78, 5) is 1.76. The van der Waals surface area contributed by atoms with Crippen LogP contribution in [0.5, 0.6) is 5.75 Å². The quantitative estimate of drug-likeness (QED) is 0.628. The first-order chi connectivity index (χ1) is 9.78. The SMILES string of the molecule is Cl.Cl.Oc1c(Br)cc(Br)cc1[C@H](CC(F)(F)F)N1CCNCC1. The molecule has 1 aromatic rings. The molecular formula is C13H17Br2Cl2F3N2O. The lowest BCUT2D eigenvalue weighted by Crippen LogP contribution is -2.46. The number of phenols is 1. The van der Waals surface area contributed by atoms with Crippen LogP contribution in [0.25, 0.3) is 0 Å². The van der Waals surface area contributed by atoms with E-state index in [0.29, 0.717) is 35.1 Å². The summed E-state index contributed by atoms with van der Waals surface area (Å²) < 4.78 is 39.8. The van der Waals surface area contributed by atoms with Crippen LogP contribution in [0.15, 0.2) is 21.1 Å². The average molecular weight is 505 g/mol. The van der Waals surface area contributed by atoms with Crippen LogP contribution in [0.1, 0.15) is 18.0 Å². The number of hydrogen-bond donors (Lipinski definition) is 2. The number of alkyl halides is 3. The van der Waals surface area contributed by atoms with E-state index in [-0.39, 0.29) is 36.1 Å². The Labute approximate surface area is 162 Å². The third kappa shape index (κ3) is 6.59. The summed E-state index contributed by atoms with van der Waals surface area (Å²) in [7, 11) is 0. The fourth-order valence-electron chi connectivity index (χ4n) is 2.49. The number of halogens is 7. The first kappa shape index (κ1) is 23.3. The highest BCUT2D eigenvalue weighted by atomic mass is 79.9. The Morgan fingerprint density at radius 3 is 2.26 bits per heavy atom. The van der Waals surface area contributed by atoms with E-state index in [1.165, 1.54) is 0 Å². The minimum atomic E-state index is -4.29. The van der Waals surface area contributed by atoms with Crippen LogP contribution in [0.2, 0.25) is 0 Å². The number of piperazine rings is 1. The van der Waals surface area contributed by atoms with Crippen LogP contribution < -0.4 is 5.32 Å². The highest BCUT2D eigenvalue weighted by Crippen LogP contribution is 2.42. The summed E-state index contributed by atoms with van der Waals surface area (Å²) in [6, 6.07) is 2.28. The third-order valence-corrected chi connectivity index (χ3v) is 4.50. The zero-order chi connectivity index (χ0) is 15.6. The topological polar surface area (TPSA) is 35.5 Å². The Balaban J connectivity index is 0.00000242. The smallest absolute Gasteiger partial charge is 0.390 e. The molecule has 0 unspecified atom stereocenters. The van der Waals surface area contributed by atoms with Crippen molar-refractivity contribution in [2.75, 3.05) is 26.2 Å². The van der Waals surface area contributed by atoms with E-state index in [1.54, 1.807) is 17.0 Å². The van der Waals surface area contributed by atoms with Crippen LogP contribution >= 0.6 is 56.7 Å². The molecule has 0 aliphatic carbocycles. The van der Waals surface area contributed by atoms with Gasteiger partial charge in [-0.25, -0.2) is 0 Å². The maximum Gasteiger partial charge on any atom is 0.390 e. The molecule has 0 amide bonds. The highest BCUT2D eigenvalue weighted by Gasteiger charge is 2.37. The van der Waals surface area contributed by atoms with Gasteiger partial charge in [-0.2, -0.15) is 13.2 Å². The van der Waals surface area contributed by atoms with Crippen LogP contribution in [0.3, 0.4) is 0 Å². The molecule has 0 spiro atoms. The normalized spacial score (nSPS) is 17.1. The second-order valence-corrected chi connectivity index (χ2v) is 6.72. The van der Waals surface area contributed by atoms with E-state index in [0.717, 1.165) is 0 Å². The fraction of sp³-hybridized carbons (Fsp3) is 0.538. The van der Waals surface area contributed by atoms with Gasteiger partial charge in [0.05, 0.1) is 10.9 Å². The molecular weight excluding hydrogens is 488 g/mol. The van der Waals surface area contributed by atoms with Crippen molar-refractivity contribution in [1.29, 1.82) is 0 Å². The van der Waals surface area contributed by atoms with E-state index in [9.17, 15) is 18.3 Å². The van der Waals surface area contributed by atoms with Crippen LogP contribution in [0.4, 0.5) is 13.2 Å². The number of phenolic OH excluding ortho intramolecular Hbond substituents is 1. The van der Waals surface area contributed by atoms with Crippen molar-refractivity contribution in [2.24, 2.45) is 0 Å². The van der Waals surface area contributed by atoms with Crippen molar-refractivity contribution in [1.82, 2.24) is 10.2 Å². The zero-order valence-corrected chi connectivity index (χ0v) is 16.7. The number of aromatic hydroxyl groups is 1. The van der Waals surface area contributed by atoms with Crippen molar-refractivity contribution in [3.63, 3.8) is 0 Å². The van der Waals surface area contributed by atoms with E-state index in [2.05, 4.69) is 37.2 Å². The molecule has 1 fully saturated rings. The summed E-state index contributed by atoms with van der Waals surface area (Å²) in [6.45, 7) is 2.32. The number of benzene rings is 1. The lowest BCUT2D eigenvalue weighted by molar-refractivity contribution is -0.148. The highest BCUT2D eigenvalue weighted by molar-refractivity contribution is 9.11. The number of rotatable bonds is 3. The fourth-order valence-corrected chi connectivity index (χ4v) is 3.75. The third-order valence-electron chi connectivity index (χ3n) is 3.43. The van der Waals surface area contributed by atoms with Crippen molar-refractivity contribution in [2.45, 2.75) is 18.6 Å². The van der Waals surface area contributed by atoms with Crippen LogP contribution in [-0.2, 0) is 0 Å². The molecule has 1 saturated heterocycles. The first-order valence-corrected chi connectivity index (χ1v) is 8.06. The summed E-state index contributed by atoms with van der Waals surface area (Å²) in [6.07, 6.45) is -5.28. The molecule has 1 aliphatic heterocycles. The van der Waals surface area contributed by atoms with Gasteiger partial charge in [0.15, 0.2) is 0 Å². The molecule has 1 heterocycles. The molecule has 1 aliphatic rings. The molecule has 0 radical (unpaired) electrons. The standard InChI is InChI=1S/C13H15Br2F3N2O.2ClH/c14-8-5-9(12(21)10(15)6-8)11(7-13(16,17)18)20-3-1-19-2-4-20;;/h5-6,11,19,21H,1-4,7H2;2*1H/t11-;;/m0../s1. The maximum absolute atomic E-state index is 12.9. The number of hydrogen-bond acceptors (Lipinski definition) is 3. The summed E-state index contributed by atoms with van der Waals surface area (Å²) in [5, 5.41) is 13.3.